The lowest BCUT2D eigenvalue weighted by Crippen LogP contribution is -2.28. The lowest BCUT2D eigenvalue weighted by molar-refractivity contribution is 0.177. The van der Waals surface area contributed by atoms with E-state index in [2.05, 4.69) is 16.4 Å². The first kappa shape index (κ1) is 11.6. The molecular formula is C16H21N3O2. The number of aryl methyl sites for hydroxylation is 1. The van der Waals surface area contributed by atoms with Crippen LogP contribution in [0.25, 0.3) is 10.9 Å². The van der Waals surface area contributed by atoms with Gasteiger partial charge in [0.2, 0.25) is 0 Å². The first-order valence-electron chi connectivity index (χ1n) is 8.05. The summed E-state index contributed by atoms with van der Waals surface area (Å²) in [6.07, 6.45) is 2.52. The number of ether oxygens (including phenoxy) is 1. The predicted molar refractivity (Wildman–Crippen MR) is 82.5 cm³/mol. The van der Waals surface area contributed by atoms with Crippen LogP contribution in [0.15, 0.2) is 24.4 Å². The van der Waals surface area contributed by atoms with Crippen LogP contribution in [0.5, 0.6) is 0 Å². The molecule has 1 aliphatic rings. The molecule has 0 spiro atoms. The second-order valence-corrected chi connectivity index (χ2v) is 5.57. The van der Waals surface area contributed by atoms with Crippen molar-refractivity contribution in [3.05, 3.63) is 35.5 Å². The summed E-state index contributed by atoms with van der Waals surface area (Å²) in [5.41, 5.74) is 3.04. The Morgan fingerprint density at radius 3 is 3.05 bits per heavy atom. The van der Waals surface area contributed by atoms with Crippen molar-refractivity contribution in [3.8, 4) is 0 Å². The topological polar surface area (TPSA) is 57.4 Å². The van der Waals surface area contributed by atoms with Crippen LogP contribution in [0.2, 0.25) is 0 Å². The zero-order valence-electron chi connectivity index (χ0n) is 14.3. The van der Waals surface area contributed by atoms with Crippen molar-refractivity contribution in [2.45, 2.75) is 18.9 Å². The molecule has 5 heteroatoms. The molecular weight excluding hydrogens is 266 g/mol. The van der Waals surface area contributed by atoms with Gasteiger partial charge in [0.25, 0.3) is 0 Å². The number of benzene rings is 1. The van der Waals surface area contributed by atoms with Gasteiger partial charge in [-0.1, -0.05) is 6.07 Å². The number of rotatable bonds is 5. The Hall–Kier alpha value is -2.01. The Kier molecular flexibility index (Phi) is 3.20. The number of carbonyl (C=O) groups excluding carboxylic acids is 1. The Labute approximate surface area is 127 Å². The summed E-state index contributed by atoms with van der Waals surface area (Å²) in [6.45, 7) is -1.02. The number of hydrogen-bond donors (Lipinski definition) is 2. The first-order valence-corrected chi connectivity index (χ1v) is 7.05. The van der Waals surface area contributed by atoms with Gasteiger partial charge in [-0.15, -0.1) is 0 Å². The number of nitrogens with zero attached hydrogens (tertiary/aromatic N) is 1. The average Bonchev–Trinajstić information content (AvgIpc) is 3.05. The molecule has 0 bridgehead atoms. The first-order chi connectivity index (χ1) is 10.8. The van der Waals surface area contributed by atoms with Crippen molar-refractivity contribution in [2.24, 2.45) is 0 Å². The molecule has 1 saturated heterocycles. The monoisotopic (exact) mass is 289 g/mol. The molecule has 21 heavy (non-hydrogen) atoms. The molecule has 0 radical (unpaired) electrons. The molecule has 3 rings (SSSR count). The number of cyclic esters (lactones) is 1. The second kappa shape index (κ2) is 5.77. The molecule has 1 atom stereocenters. The maximum atomic E-state index is 11.1. The van der Waals surface area contributed by atoms with Crippen molar-refractivity contribution in [1.82, 2.24) is 15.2 Å². The summed E-state index contributed by atoms with van der Waals surface area (Å²) in [5.74, 6) is 0. The minimum Gasteiger partial charge on any atom is -0.447 e. The zero-order chi connectivity index (χ0) is 16.6. The lowest BCUT2D eigenvalue weighted by atomic mass is 10.0. The standard InChI is InChI=1S/C16H21N3O2/c1-19(2)6-5-12-9-17-15-4-3-11(8-14(12)15)7-13-10-21-16(20)18-13/h3-4,8-9,13,17H,5-7,10H2,1-2H3,(H,18,20)/t13-/m0/s1/i6D2. The fourth-order valence-corrected chi connectivity index (χ4v) is 2.56. The Bertz CT molecular complexity index is 727. The molecule has 5 nitrogen and oxygen atoms in total. The lowest BCUT2D eigenvalue weighted by Gasteiger charge is -2.09. The number of hydrogen-bond acceptors (Lipinski definition) is 3. The molecule has 112 valence electrons. The number of amides is 1. The number of fused-ring (bicyclic) bond motifs is 1. The summed E-state index contributed by atoms with van der Waals surface area (Å²) in [6, 6.07) is 6.08. The van der Waals surface area contributed by atoms with Gasteiger partial charge in [-0.3, -0.25) is 0 Å². The number of alkyl carbamates (subject to hydrolysis) is 1. The maximum Gasteiger partial charge on any atom is 0.407 e. The summed E-state index contributed by atoms with van der Waals surface area (Å²) >= 11 is 0. The Morgan fingerprint density at radius 1 is 1.48 bits per heavy atom. The number of nitrogens with one attached hydrogen (secondary N) is 2. The van der Waals surface area contributed by atoms with Crippen LogP contribution < -0.4 is 5.32 Å². The van der Waals surface area contributed by atoms with Gasteiger partial charge in [-0.05, 0) is 50.2 Å². The molecule has 2 N–H and O–H groups in total. The highest BCUT2D eigenvalue weighted by atomic mass is 16.6. The highest BCUT2D eigenvalue weighted by molar-refractivity contribution is 5.84. The van der Waals surface area contributed by atoms with Crippen molar-refractivity contribution < 1.29 is 12.3 Å². The van der Waals surface area contributed by atoms with Crippen LogP contribution in [0.3, 0.4) is 0 Å². The van der Waals surface area contributed by atoms with Gasteiger partial charge >= 0.3 is 6.09 Å². The van der Waals surface area contributed by atoms with E-state index in [4.69, 9.17) is 7.48 Å². The van der Waals surface area contributed by atoms with E-state index in [-0.39, 0.29) is 12.1 Å². The number of H-pyrrole nitrogens is 1. The molecule has 2 aromatic rings. The average molecular weight is 289 g/mol. The van der Waals surface area contributed by atoms with E-state index in [9.17, 15) is 4.79 Å². The van der Waals surface area contributed by atoms with Crippen LogP contribution in [0.4, 0.5) is 4.79 Å². The Balaban J connectivity index is 1.83. The van der Waals surface area contributed by atoms with Gasteiger partial charge in [-0.25, -0.2) is 4.79 Å². The van der Waals surface area contributed by atoms with Crippen LogP contribution in [0, 0.1) is 0 Å². The van der Waals surface area contributed by atoms with Gasteiger partial charge in [-0.2, -0.15) is 0 Å². The van der Waals surface area contributed by atoms with Crippen molar-refractivity contribution in [3.63, 3.8) is 0 Å². The van der Waals surface area contributed by atoms with E-state index < -0.39 is 6.50 Å². The molecule has 1 aromatic heterocycles. The number of aromatic nitrogens is 1. The molecule has 1 fully saturated rings. The quantitative estimate of drug-likeness (QED) is 0.884. The van der Waals surface area contributed by atoms with Crippen LogP contribution in [0.1, 0.15) is 13.9 Å². The molecule has 0 unspecified atom stereocenters. The summed E-state index contributed by atoms with van der Waals surface area (Å²) in [5, 5.41) is 3.80. The van der Waals surface area contributed by atoms with Crippen LogP contribution in [-0.2, 0) is 17.6 Å². The van der Waals surface area contributed by atoms with Crippen molar-refractivity contribution >= 4 is 17.0 Å². The minimum atomic E-state index is -1.40. The number of aromatic amines is 1. The Morgan fingerprint density at radius 2 is 2.33 bits per heavy atom. The zero-order valence-corrected chi connectivity index (χ0v) is 12.3. The predicted octanol–water partition coefficient (Wildman–Crippen LogP) is 1.92. The summed E-state index contributed by atoms with van der Waals surface area (Å²) in [4.78, 5) is 15.9. The van der Waals surface area contributed by atoms with Crippen LogP contribution in [-0.4, -0.2) is 49.2 Å². The van der Waals surface area contributed by atoms with Gasteiger partial charge in [0.15, 0.2) is 0 Å². The van der Waals surface area contributed by atoms with E-state index in [1.54, 1.807) is 19.0 Å². The molecule has 2 heterocycles. The molecule has 0 saturated carbocycles. The fourth-order valence-electron chi connectivity index (χ4n) is 2.56. The minimum absolute atomic E-state index is 0.00411. The van der Waals surface area contributed by atoms with E-state index in [1.807, 2.05) is 18.3 Å². The van der Waals surface area contributed by atoms with E-state index in [0.29, 0.717) is 19.4 Å². The van der Waals surface area contributed by atoms with Gasteiger partial charge < -0.3 is 19.9 Å². The largest absolute Gasteiger partial charge is 0.447 e. The van der Waals surface area contributed by atoms with Crippen molar-refractivity contribution in [1.29, 1.82) is 0 Å². The summed E-state index contributed by atoms with van der Waals surface area (Å²) < 4.78 is 21.1. The number of carbonyl (C=O) groups is 1. The number of likely N-dealkylation sites (N-methyl/N-ethyl adjacent to an activating group) is 1. The third kappa shape index (κ3) is 3.19. The van der Waals surface area contributed by atoms with E-state index in [0.717, 1.165) is 22.0 Å². The van der Waals surface area contributed by atoms with Gasteiger partial charge in [0, 0.05) is 26.3 Å². The molecule has 1 amide bonds. The molecule has 1 aromatic carbocycles. The fraction of sp³-hybridized carbons (Fsp3) is 0.438. The SMILES string of the molecule is [2H]C([2H])(Cc1c[nH]c2ccc(C[C@H]3COC(=O)N3)cc12)N(C)C. The molecule has 0 aliphatic carbocycles. The van der Waals surface area contributed by atoms with Gasteiger partial charge in [0.1, 0.15) is 6.61 Å². The van der Waals surface area contributed by atoms with E-state index >= 15 is 0 Å². The third-order valence-corrected chi connectivity index (χ3v) is 3.64. The third-order valence-electron chi connectivity index (χ3n) is 3.64. The maximum absolute atomic E-state index is 11.1. The van der Waals surface area contributed by atoms with Gasteiger partial charge in [0.05, 0.1) is 6.04 Å². The van der Waals surface area contributed by atoms with Crippen molar-refractivity contribution in [2.75, 3.05) is 27.2 Å². The normalized spacial score (nSPS) is 20.3. The van der Waals surface area contributed by atoms with E-state index in [1.165, 1.54) is 0 Å². The highest BCUT2D eigenvalue weighted by Crippen LogP contribution is 2.21. The highest BCUT2D eigenvalue weighted by Gasteiger charge is 2.22. The van der Waals surface area contributed by atoms with Crippen LogP contribution >= 0.6 is 0 Å². The second-order valence-electron chi connectivity index (χ2n) is 5.57. The summed E-state index contributed by atoms with van der Waals surface area (Å²) in [7, 11) is 3.48. The smallest absolute Gasteiger partial charge is 0.407 e. The molecule has 1 aliphatic heterocycles.